The number of ether oxygens (including phenoxy) is 1. The first-order valence-corrected chi connectivity index (χ1v) is 8.64. The van der Waals surface area contributed by atoms with Gasteiger partial charge in [-0.1, -0.05) is 18.2 Å². The summed E-state index contributed by atoms with van der Waals surface area (Å²) >= 11 is 0. The molecule has 1 unspecified atom stereocenters. The van der Waals surface area contributed by atoms with Crippen molar-refractivity contribution in [2.24, 2.45) is 0 Å². The Labute approximate surface area is 153 Å². The summed E-state index contributed by atoms with van der Waals surface area (Å²) in [6.45, 7) is 0.627. The Bertz CT molecular complexity index is 956. The number of halogens is 3. The number of fused-ring (bicyclic) bond motifs is 1. The van der Waals surface area contributed by atoms with E-state index in [0.717, 1.165) is 24.2 Å². The molecule has 27 heavy (non-hydrogen) atoms. The van der Waals surface area contributed by atoms with Crippen molar-refractivity contribution in [1.82, 2.24) is 19.9 Å². The number of aromatic nitrogens is 4. The second-order valence-electron chi connectivity index (χ2n) is 6.48. The third-order valence-electron chi connectivity index (χ3n) is 4.82. The Morgan fingerprint density at radius 3 is 2.85 bits per heavy atom. The first kappa shape index (κ1) is 17.6. The lowest BCUT2D eigenvalue weighted by molar-refractivity contribution is -0.144. The van der Waals surface area contributed by atoms with E-state index in [1.165, 1.54) is 6.33 Å². The topological polar surface area (TPSA) is 66.9 Å². The fourth-order valence-electron chi connectivity index (χ4n) is 3.60. The smallest absolute Gasteiger partial charge is 0.451 e. The van der Waals surface area contributed by atoms with E-state index in [9.17, 15) is 13.2 Å². The van der Waals surface area contributed by atoms with E-state index in [4.69, 9.17) is 4.74 Å². The van der Waals surface area contributed by atoms with E-state index in [1.54, 1.807) is 7.11 Å². The number of hydrogen-bond acceptors (Lipinski definition) is 5. The standard InChI is InChI=1S/C18H18F3N5O/c1-27-13-7-3-2-5-11(13)9-12-6-4-8-26(12)16-14-15(23-10-22-14)24-17(25-16)18(19,20)21/h2-3,5,7,10,12H,4,6,8-9H2,1H3,(H,22,23,24,25). The molecule has 1 N–H and O–H groups in total. The van der Waals surface area contributed by atoms with Crippen molar-refractivity contribution in [2.45, 2.75) is 31.5 Å². The molecule has 0 saturated carbocycles. The third-order valence-corrected chi connectivity index (χ3v) is 4.82. The van der Waals surface area contributed by atoms with Gasteiger partial charge in [0.2, 0.25) is 5.82 Å². The van der Waals surface area contributed by atoms with Crippen LogP contribution in [0.15, 0.2) is 30.6 Å². The minimum atomic E-state index is -4.63. The Morgan fingerprint density at radius 1 is 1.26 bits per heavy atom. The average molecular weight is 377 g/mol. The lowest BCUT2D eigenvalue weighted by atomic mass is 10.0. The molecule has 4 rings (SSSR count). The van der Waals surface area contributed by atoms with Gasteiger partial charge in [0.15, 0.2) is 11.5 Å². The lowest BCUT2D eigenvalue weighted by Gasteiger charge is -2.27. The number of methoxy groups -OCH3 is 1. The molecule has 0 bridgehead atoms. The van der Waals surface area contributed by atoms with Crippen LogP contribution in [0.4, 0.5) is 19.0 Å². The maximum Gasteiger partial charge on any atom is 0.451 e. The zero-order valence-electron chi connectivity index (χ0n) is 14.6. The van der Waals surface area contributed by atoms with Gasteiger partial charge < -0.3 is 14.6 Å². The van der Waals surface area contributed by atoms with E-state index in [0.29, 0.717) is 18.5 Å². The number of para-hydroxylation sites is 1. The highest BCUT2D eigenvalue weighted by atomic mass is 19.4. The maximum absolute atomic E-state index is 13.2. The van der Waals surface area contributed by atoms with Gasteiger partial charge in [0.25, 0.3) is 0 Å². The zero-order chi connectivity index (χ0) is 19.0. The molecule has 1 atom stereocenters. The number of aromatic amines is 1. The van der Waals surface area contributed by atoms with Gasteiger partial charge in [0.1, 0.15) is 11.3 Å². The average Bonchev–Trinajstić information content (AvgIpc) is 3.29. The highest BCUT2D eigenvalue weighted by molar-refractivity contribution is 5.83. The molecule has 142 valence electrons. The number of rotatable bonds is 4. The monoisotopic (exact) mass is 377 g/mol. The fraction of sp³-hybridized carbons (Fsp3) is 0.389. The van der Waals surface area contributed by atoms with Gasteiger partial charge in [-0.15, -0.1) is 0 Å². The molecule has 3 heterocycles. The van der Waals surface area contributed by atoms with Crippen LogP contribution in [-0.4, -0.2) is 39.6 Å². The summed E-state index contributed by atoms with van der Waals surface area (Å²) in [5.74, 6) is -0.142. The van der Waals surface area contributed by atoms with Crippen LogP contribution in [-0.2, 0) is 12.6 Å². The first-order valence-electron chi connectivity index (χ1n) is 8.64. The number of anilines is 1. The number of nitrogens with zero attached hydrogens (tertiary/aromatic N) is 4. The Balaban J connectivity index is 1.72. The van der Waals surface area contributed by atoms with Crippen LogP contribution in [0, 0.1) is 0 Å². The molecular formula is C18H18F3N5O. The highest BCUT2D eigenvalue weighted by Gasteiger charge is 2.38. The van der Waals surface area contributed by atoms with Crippen LogP contribution in [0.2, 0.25) is 0 Å². The van der Waals surface area contributed by atoms with Crippen molar-refractivity contribution in [3.05, 3.63) is 42.0 Å². The third kappa shape index (κ3) is 3.29. The number of nitrogens with one attached hydrogen (secondary N) is 1. The fourth-order valence-corrected chi connectivity index (χ4v) is 3.60. The molecule has 1 aliphatic heterocycles. The van der Waals surface area contributed by atoms with Crippen LogP contribution >= 0.6 is 0 Å². The molecular weight excluding hydrogens is 359 g/mol. The number of benzene rings is 1. The molecule has 0 aliphatic carbocycles. The molecule has 2 aromatic heterocycles. The Hall–Kier alpha value is -2.84. The van der Waals surface area contributed by atoms with E-state index in [2.05, 4.69) is 19.9 Å². The van der Waals surface area contributed by atoms with Gasteiger partial charge in [0, 0.05) is 12.6 Å². The molecule has 1 saturated heterocycles. The quantitative estimate of drug-likeness (QED) is 0.753. The number of hydrogen-bond donors (Lipinski definition) is 1. The van der Waals surface area contributed by atoms with E-state index >= 15 is 0 Å². The van der Waals surface area contributed by atoms with Crippen LogP contribution in [0.1, 0.15) is 24.2 Å². The zero-order valence-corrected chi connectivity index (χ0v) is 14.6. The summed E-state index contributed by atoms with van der Waals surface area (Å²) in [6.07, 6.45) is -0.890. The van der Waals surface area contributed by atoms with Gasteiger partial charge in [-0.25, -0.2) is 15.0 Å². The number of imidazole rings is 1. The van der Waals surface area contributed by atoms with Gasteiger partial charge >= 0.3 is 6.18 Å². The van der Waals surface area contributed by atoms with Crippen molar-refractivity contribution in [2.75, 3.05) is 18.6 Å². The number of H-pyrrole nitrogens is 1. The molecule has 9 heteroatoms. The van der Waals surface area contributed by atoms with Crippen molar-refractivity contribution < 1.29 is 17.9 Å². The predicted octanol–water partition coefficient (Wildman–Crippen LogP) is 3.59. The summed E-state index contributed by atoms with van der Waals surface area (Å²) in [5, 5.41) is 0. The van der Waals surface area contributed by atoms with Crippen LogP contribution in [0.5, 0.6) is 5.75 Å². The van der Waals surface area contributed by atoms with Gasteiger partial charge in [-0.05, 0) is 30.9 Å². The first-order chi connectivity index (χ1) is 13.0. The van der Waals surface area contributed by atoms with Crippen molar-refractivity contribution in [3.63, 3.8) is 0 Å². The van der Waals surface area contributed by atoms with Gasteiger partial charge in [-0.3, -0.25) is 0 Å². The molecule has 0 radical (unpaired) electrons. The minimum Gasteiger partial charge on any atom is -0.496 e. The number of alkyl halides is 3. The summed E-state index contributed by atoms with van der Waals surface area (Å²) in [7, 11) is 1.61. The lowest BCUT2D eigenvalue weighted by Crippen LogP contribution is -2.32. The van der Waals surface area contributed by atoms with Crippen LogP contribution in [0.25, 0.3) is 11.2 Å². The largest absolute Gasteiger partial charge is 0.496 e. The van der Waals surface area contributed by atoms with Crippen molar-refractivity contribution in [3.8, 4) is 5.75 Å². The van der Waals surface area contributed by atoms with Crippen molar-refractivity contribution >= 4 is 17.0 Å². The molecule has 6 nitrogen and oxygen atoms in total. The maximum atomic E-state index is 13.2. The normalized spacial score (nSPS) is 17.6. The summed E-state index contributed by atoms with van der Waals surface area (Å²) < 4.78 is 45.1. The van der Waals surface area contributed by atoms with Gasteiger partial charge in [0.05, 0.1) is 13.4 Å². The molecule has 0 amide bonds. The summed E-state index contributed by atoms with van der Waals surface area (Å²) in [4.78, 5) is 16.1. The molecule has 0 spiro atoms. The summed E-state index contributed by atoms with van der Waals surface area (Å²) in [5.41, 5.74) is 1.47. The molecule has 3 aromatic rings. The van der Waals surface area contributed by atoms with Crippen molar-refractivity contribution in [1.29, 1.82) is 0 Å². The molecule has 1 aliphatic rings. The van der Waals surface area contributed by atoms with Crippen LogP contribution < -0.4 is 9.64 Å². The predicted molar refractivity (Wildman–Crippen MR) is 93.8 cm³/mol. The second-order valence-corrected chi connectivity index (χ2v) is 6.48. The van der Waals surface area contributed by atoms with E-state index in [-0.39, 0.29) is 17.5 Å². The second kappa shape index (κ2) is 6.71. The minimum absolute atomic E-state index is 0.0174. The Kier molecular flexibility index (Phi) is 4.37. The SMILES string of the molecule is COc1ccccc1CC1CCCN1c1nc(C(F)(F)F)nc2nc[nH]c12. The molecule has 1 fully saturated rings. The highest BCUT2D eigenvalue weighted by Crippen LogP contribution is 2.35. The van der Waals surface area contributed by atoms with Gasteiger partial charge in [-0.2, -0.15) is 13.2 Å². The molecule has 1 aromatic carbocycles. The Morgan fingerprint density at radius 2 is 2.07 bits per heavy atom. The van der Waals surface area contributed by atoms with Crippen LogP contribution in [0.3, 0.4) is 0 Å². The summed E-state index contributed by atoms with van der Waals surface area (Å²) in [6, 6.07) is 7.69. The van der Waals surface area contributed by atoms with E-state index < -0.39 is 12.0 Å². The van der Waals surface area contributed by atoms with E-state index in [1.807, 2.05) is 29.2 Å².